The molecule has 0 spiro atoms. The van der Waals surface area contributed by atoms with E-state index in [1.54, 1.807) is 23.4 Å². The number of aromatic nitrogens is 2. The number of rotatable bonds is 4. The minimum Gasteiger partial charge on any atom is -0.383 e. The van der Waals surface area contributed by atoms with E-state index in [1.165, 1.54) is 6.07 Å². The zero-order valence-electron chi connectivity index (χ0n) is 14.7. The van der Waals surface area contributed by atoms with E-state index in [2.05, 4.69) is 15.0 Å². The number of hydrazone groups is 1. The topological polar surface area (TPSA) is 79.8 Å². The lowest BCUT2D eigenvalue weighted by atomic mass is 9.98. The predicted octanol–water partition coefficient (Wildman–Crippen LogP) is 2.88. The van der Waals surface area contributed by atoms with Crippen LogP contribution in [0.15, 0.2) is 52.7 Å². The monoisotopic (exact) mass is 362 g/mol. The van der Waals surface area contributed by atoms with Crippen molar-refractivity contribution >= 4 is 17.7 Å². The zero-order chi connectivity index (χ0) is 18.4. The van der Waals surface area contributed by atoms with Gasteiger partial charge in [0.1, 0.15) is 23.5 Å². The van der Waals surface area contributed by atoms with Gasteiger partial charge in [0.05, 0.1) is 12.5 Å². The molecule has 2 unspecified atom stereocenters. The van der Waals surface area contributed by atoms with Gasteiger partial charge in [-0.15, -0.1) is 0 Å². The molecule has 0 amide bonds. The Balaban J connectivity index is 1.49. The van der Waals surface area contributed by atoms with Gasteiger partial charge in [-0.2, -0.15) is 5.10 Å². The van der Waals surface area contributed by atoms with E-state index >= 15 is 0 Å². The molecule has 2 aliphatic heterocycles. The fourth-order valence-corrected chi connectivity index (χ4v) is 3.62. The Hall–Kier alpha value is -3.09. The number of nitrogens with zero attached hydrogens (tertiary/aromatic N) is 5. The molecule has 2 N–H and O–H groups in total. The van der Waals surface area contributed by atoms with Crippen LogP contribution in [0, 0.1) is 11.7 Å². The van der Waals surface area contributed by atoms with Crippen molar-refractivity contribution in [3.05, 3.63) is 65.4 Å². The third-order valence-corrected chi connectivity index (χ3v) is 5.21. The molecule has 1 fully saturated rings. The van der Waals surface area contributed by atoms with Gasteiger partial charge in [-0.3, -0.25) is 10.0 Å². The smallest absolute Gasteiger partial charge is 0.178 e. The van der Waals surface area contributed by atoms with Gasteiger partial charge in [0.2, 0.25) is 0 Å². The van der Waals surface area contributed by atoms with Crippen LogP contribution in [0.1, 0.15) is 35.7 Å². The molecule has 5 rings (SSSR count). The molecular formula is C20H19FN6. The van der Waals surface area contributed by atoms with Crippen LogP contribution >= 0.6 is 0 Å². The minimum atomic E-state index is -0.248. The Morgan fingerprint density at radius 1 is 1.22 bits per heavy atom. The summed E-state index contributed by atoms with van der Waals surface area (Å²) in [6, 6.07) is 6.72. The Bertz CT molecular complexity index is 978. The lowest BCUT2D eigenvalue weighted by Crippen LogP contribution is -2.32. The molecule has 7 heteroatoms. The van der Waals surface area contributed by atoms with Gasteiger partial charge in [-0.05, 0) is 30.9 Å². The fraction of sp³-hybridized carbons (Fsp3) is 0.300. The van der Waals surface area contributed by atoms with Crippen LogP contribution < -0.4 is 5.73 Å². The number of nitrogens with two attached hydrogens (primary N) is 1. The summed E-state index contributed by atoms with van der Waals surface area (Å²) in [5.41, 5.74) is 8.48. The molecule has 3 heterocycles. The summed E-state index contributed by atoms with van der Waals surface area (Å²) in [5.74, 6) is 1.21. The van der Waals surface area contributed by atoms with Gasteiger partial charge < -0.3 is 5.73 Å². The van der Waals surface area contributed by atoms with Crippen molar-refractivity contribution in [2.45, 2.75) is 31.5 Å². The van der Waals surface area contributed by atoms with E-state index in [1.807, 2.05) is 24.4 Å². The van der Waals surface area contributed by atoms with E-state index in [0.717, 1.165) is 24.1 Å². The molecule has 0 radical (unpaired) electrons. The van der Waals surface area contributed by atoms with E-state index in [0.29, 0.717) is 29.7 Å². The second-order valence-electron chi connectivity index (χ2n) is 7.11. The summed E-state index contributed by atoms with van der Waals surface area (Å²) in [7, 11) is 0. The second kappa shape index (κ2) is 6.26. The predicted molar refractivity (Wildman–Crippen MR) is 102 cm³/mol. The van der Waals surface area contributed by atoms with Crippen LogP contribution in [0.3, 0.4) is 0 Å². The Kier molecular flexibility index (Phi) is 3.74. The highest BCUT2D eigenvalue weighted by Gasteiger charge is 2.39. The highest BCUT2D eigenvalue weighted by molar-refractivity contribution is 6.02. The number of fused-ring (bicyclic) bond motifs is 1. The van der Waals surface area contributed by atoms with Crippen LogP contribution in [0.25, 0.3) is 0 Å². The van der Waals surface area contributed by atoms with Crippen LogP contribution in [0.2, 0.25) is 0 Å². The maximum Gasteiger partial charge on any atom is 0.178 e. The maximum atomic E-state index is 14.1. The van der Waals surface area contributed by atoms with Gasteiger partial charge >= 0.3 is 0 Å². The standard InChI is InChI=1S/C20H19FN6/c21-16-6-2-1-4-13(16)11-27-20-14(5-3-9-23-20)17(26-27)19-24-10-15(12-7-8-12)18(22)25-19/h1-6,9-10,12,14,20H,7-8,11H2,(H2,22,24,25). The van der Waals surface area contributed by atoms with Gasteiger partial charge in [-0.25, -0.2) is 14.4 Å². The molecule has 1 aromatic carbocycles. The summed E-state index contributed by atoms with van der Waals surface area (Å²) in [4.78, 5) is 13.6. The molecule has 6 nitrogen and oxygen atoms in total. The van der Waals surface area contributed by atoms with E-state index in [9.17, 15) is 4.39 Å². The first-order chi connectivity index (χ1) is 13.2. The average molecular weight is 362 g/mol. The molecule has 1 saturated carbocycles. The number of benzene rings is 1. The average Bonchev–Trinajstić information content (AvgIpc) is 3.46. The molecule has 1 aromatic heterocycles. The highest BCUT2D eigenvalue weighted by atomic mass is 19.1. The van der Waals surface area contributed by atoms with Crippen molar-refractivity contribution in [2.75, 3.05) is 5.73 Å². The van der Waals surface area contributed by atoms with Gasteiger partial charge in [0, 0.05) is 23.5 Å². The molecule has 2 atom stereocenters. The van der Waals surface area contributed by atoms with Crippen molar-refractivity contribution in [1.29, 1.82) is 0 Å². The molecule has 3 aliphatic rings. The summed E-state index contributed by atoms with van der Waals surface area (Å²) in [6.07, 6.45) is 9.57. The fourth-order valence-electron chi connectivity index (χ4n) is 3.62. The van der Waals surface area contributed by atoms with Gasteiger partial charge in [0.15, 0.2) is 5.82 Å². The number of hydrogen-bond donors (Lipinski definition) is 1. The molecule has 27 heavy (non-hydrogen) atoms. The molecule has 1 aliphatic carbocycles. The minimum absolute atomic E-state index is 0.0760. The second-order valence-corrected chi connectivity index (χ2v) is 7.11. The summed E-state index contributed by atoms with van der Waals surface area (Å²) in [5, 5.41) is 6.51. The molecule has 0 saturated heterocycles. The third-order valence-electron chi connectivity index (χ3n) is 5.21. The van der Waals surface area contributed by atoms with Crippen LogP contribution in [-0.4, -0.2) is 33.1 Å². The first kappa shape index (κ1) is 16.1. The quantitative estimate of drug-likeness (QED) is 0.907. The number of dihydropyridines is 1. The molecule has 136 valence electrons. The molecule has 2 aromatic rings. The van der Waals surface area contributed by atoms with E-state index < -0.39 is 0 Å². The number of hydrogen-bond acceptors (Lipinski definition) is 6. The van der Waals surface area contributed by atoms with Crippen molar-refractivity contribution < 1.29 is 4.39 Å². The van der Waals surface area contributed by atoms with Crippen molar-refractivity contribution in [1.82, 2.24) is 15.0 Å². The van der Waals surface area contributed by atoms with Gasteiger partial charge in [-0.1, -0.05) is 24.3 Å². The summed E-state index contributed by atoms with van der Waals surface area (Å²) in [6.45, 7) is 0.332. The maximum absolute atomic E-state index is 14.1. The number of aliphatic imine (C=N–C) groups is 1. The Morgan fingerprint density at radius 3 is 2.85 bits per heavy atom. The van der Waals surface area contributed by atoms with Crippen molar-refractivity contribution in [2.24, 2.45) is 16.0 Å². The summed E-state index contributed by atoms with van der Waals surface area (Å²) >= 11 is 0. The lowest BCUT2D eigenvalue weighted by molar-refractivity contribution is 0.208. The number of allylic oxidation sites excluding steroid dienone is 1. The third kappa shape index (κ3) is 2.89. The molecular weight excluding hydrogens is 343 g/mol. The van der Waals surface area contributed by atoms with Crippen LogP contribution in [0.4, 0.5) is 10.2 Å². The van der Waals surface area contributed by atoms with Crippen molar-refractivity contribution in [3.8, 4) is 0 Å². The normalized spacial score (nSPS) is 23.4. The first-order valence-electron chi connectivity index (χ1n) is 9.12. The first-order valence-corrected chi connectivity index (χ1v) is 9.12. The van der Waals surface area contributed by atoms with Gasteiger partial charge in [0.25, 0.3) is 0 Å². The summed E-state index contributed by atoms with van der Waals surface area (Å²) < 4.78 is 14.1. The van der Waals surface area contributed by atoms with E-state index in [4.69, 9.17) is 10.8 Å². The highest BCUT2D eigenvalue weighted by Crippen LogP contribution is 2.42. The number of anilines is 1. The van der Waals surface area contributed by atoms with Crippen LogP contribution in [-0.2, 0) is 6.54 Å². The number of nitrogen functional groups attached to an aromatic ring is 1. The molecule has 0 bridgehead atoms. The number of halogens is 1. The Morgan fingerprint density at radius 2 is 2.07 bits per heavy atom. The van der Waals surface area contributed by atoms with Crippen LogP contribution in [0.5, 0.6) is 0 Å². The zero-order valence-corrected chi connectivity index (χ0v) is 14.7. The lowest BCUT2D eigenvalue weighted by Gasteiger charge is -2.24. The van der Waals surface area contributed by atoms with E-state index in [-0.39, 0.29) is 17.9 Å². The van der Waals surface area contributed by atoms with Crippen molar-refractivity contribution in [3.63, 3.8) is 0 Å². The SMILES string of the molecule is Nc1nc(C2=NN(Cc3ccccc3F)C3N=CC=CC23)ncc1C1CC1. The Labute approximate surface area is 156 Å². The largest absolute Gasteiger partial charge is 0.383 e.